The maximum Gasteiger partial charge on any atom is 0.321 e. The lowest BCUT2D eigenvalue weighted by Crippen LogP contribution is -2.37. The van der Waals surface area contributed by atoms with Crippen LogP contribution in [0.1, 0.15) is 12.0 Å². The number of imide groups is 1. The summed E-state index contributed by atoms with van der Waals surface area (Å²) in [4.78, 5) is 23.5. The lowest BCUT2D eigenvalue weighted by atomic mass is 10.2. The van der Waals surface area contributed by atoms with Gasteiger partial charge in [0, 0.05) is 29.9 Å². The Morgan fingerprint density at radius 2 is 1.89 bits per heavy atom. The molecule has 0 bridgehead atoms. The Labute approximate surface area is 122 Å². The normalized spacial score (nSPS) is 10.0. The molecular weight excluding hydrogens is 280 g/mol. The molecule has 4 nitrogen and oxygen atoms in total. The Hall–Kier alpha value is -1.14. The summed E-state index contributed by atoms with van der Waals surface area (Å²) in [5.74, 6) is 1.33. The number of amides is 3. The summed E-state index contributed by atoms with van der Waals surface area (Å²) in [5.41, 5.74) is 1.24. The molecule has 6 heteroatoms. The zero-order chi connectivity index (χ0) is 14.1. The average Bonchev–Trinajstić information content (AvgIpc) is 2.44. The van der Waals surface area contributed by atoms with Gasteiger partial charge in [0.1, 0.15) is 0 Å². The van der Waals surface area contributed by atoms with E-state index in [1.54, 1.807) is 23.5 Å². The van der Waals surface area contributed by atoms with Crippen LogP contribution in [0.5, 0.6) is 0 Å². The van der Waals surface area contributed by atoms with Crippen molar-refractivity contribution in [2.45, 2.75) is 17.1 Å². The van der Waals surface area contributed by atoms with Crippen molar-refractivity contribution in [1.29, 1.82) is 0 Å². The molecule has 0 aliphatic heterocycles. The second-order valence-electron chi connectivity index (χ2n) is 3.78. The van der Waals surface area contributed by atoms with Gasteiger partial charge in [-0.25, -0.2) is 4.79 Å². The van der Waals surface area contributed by atoms with Gasteiger partial charge in [-0.15, -0.1) is 11.8 Å². The number of nitrogens with one attached hydrogen (secondary N) is 2. The fourth-order valence-electron chi connectivity index (χ4n) is 1.33. The number of thioether (sulfide) groups is 2. The minimum atomic E-state index is -0.456. The minimum absolute atomic E-state index is 0.246. The highest BCUT2D eigenvalue weighted by Gasteiger charge is 2.05. The van der Waals surface area contributed by atoms with Gasteiger partial charge in [0.2, 0.25) is 5.91 Å². The van der Waals surface area contributed by atoms with Crippen LogP contribution in [0.4, 0.5) is 4.79 Å². The van der Waals surface area contributed by atoms with Crippen molar-refractivity contribution in [1.82, 2.24) is 10.6 Å². The summed E-state index contributed by atoms with van der Waals surface area (Å²) in [6.45, 7) is 0. The van der Waals surface area contributed by atoms with Gasteiger partial charge in [0.15, 0.2) is 0 Å². The summed E-state index contributed by atoms with van der Waals surface area (Å²) >= 11 is 3.40. The number of urea groups is 1. The standard InChI is InChI=1S/C13H18N2O2S2/c1-14-13(17)15-12(16)7-8-19-9-10-3-5-11(18-2)6-4-10/h3-6H,7-9H2,1-2H3,(H2,14,15,16,17). The van der Waals surface area contributed by atoms with E-state index in [0.29, 0.717) is 12.2 Å². The van der Waals surface area contributed by atoms with Crippen LogP contribution in [-0.4, -0.2) is 31.0 Å². The molecule has 0 spiro atoms. The van der Waals surface area contributed by atoms with Gasteiger partial charge in [-0.2, -0.15) is 11.8 Å². The van der Waals surface area contributed by atoms with E-state index in [-0.39, 0.29) is 5.91 Å². The Bertz CT molecular complexity index is 421. The van der Waals surface area contributed by atoms with Crippen LogP contribution in [0.25, 0.3) is 0 Å². The third kappa shape index (κ3) is 6.54. The number of benzene rings is 1. The van der Waals surface area contributed by atoms with Gasteiger partial charge < -0.3 is 5.32 Å². The van der Waals surface area contributed by atoms with Crippen molar-refractivity contribution < 1.29 is 9.59 Å². The zero-order valence-corrected chi connectivity index (χ0v) is 12.7. The van der Waals surface area contributed by atoms with Crippen LogP contribution in [0.3, 0.4) is 0 Å². The van der Waals surface area contributed by atoms with Crippen LogP contribution >= 0.6 is 23.5 Å². The molecule has 1 aromatic rings. The van der Waals surface area contributed by atoms with E-state index in [0.717, 1.165) is 5.75 Å². The van der Waals surface area contributed by atoms with Crippen LogP contribution < -0.4 is 10.6 Å². The maximum absolute atomic E-state index is 11.3. The van der Waals surface area contributed by atoms with E-state index in [1.807, 2.05) is 0 Å². The average molecular weight is 298 g/mol. The number of carbonyl (C=O) groups excluding carboxylic acids is 2. The van der Waals surface area contributed by atoms with Crippen molar-refractivity contribution >= 4 is 35.5 Å². The molecule has 104 valence electrons. The first-order valence-corrected chi connectivity index (χ1v) is 8.26. The fraction of sp³-hybridized carbons (Fsp3) is 0.385. The van der Waals surface area contributed by atoms with E-state index >= 15 is 0 Å². The molecular formula is C13H18N2O2S2. The first-order chi connectivity index (χ1) is 9.15. The predicted molar refractivity (Wildman–Crippen MR) is 81.6 cm³/mol. The highest BCUT2D eigenvalue weighted by Crippen LogP contribution is 2.18. The number of rotatable bonds is 6. The topological polar surface area (TPSA) is 58.2 Å². The SMILES string of the molecule is CNC(=O)NC(=O)CCSCc1ccc(SC)cc1. The molecule has 1 rings (SSSR count). The van der Waals surface area contributed by atoms with Crippen molar-refractivity contribution in [2.24, 2.45) is 0 Å². The second kappa shape index (κ2) is 8.87. The molecule has 0 aliphatic carbocycles. The van der Waals surface area contributed by atoms with Gasteiger partial charge >= 0.3 is 6.03 Å². The molecule has 0 atom stereocenters. The molecule has 0 saturated heterocycles. The van der Waals surface area contributed by atoms with Crippen LogP contribution in [0.15, 0.2) is 29.2 Å². The molecule has 0 aromatic heterocycles. The van der Waals surface area contributed by atoms with E-state index in [9.17, 15) is 9.59 Å². The van der Waals surface area contributed by atoms with Crippen LogP contribution in [0.2, 0.25) is 0 Å². The summed E-state index contributed by atoms with van der Waals surface area (Å²) in [5, 5.41) is 4.58. The summed E-state index contributed by atoms with van der Waals surface area (Å²) < 4.78 is 0. The van der Waals surface area contributed by atoms with Gasteiger partial charge in [0.05, 0.1) is 0 Å². The van der Waals surface area contributed by atoms with Crippen molar-refractivity contribution in [3.8, 4) is 0 Å². The molecule has 0 radical (unpaired) electrons. The summed E-state index contributed by atoms with van der Waals surface area (Å²) in [7, 11) is 1.48. The Morgan fingerprint density at radius 1 is 1.21 bits per heavy atom. The van der Waals surface area contributed by atoms with Crippen molar-refractivity contribution in [2.75, 3.05) is 19.1 Å². The van der Waals surface area contributed by atoms with Gasteiger partial charge in [-0.05, 0) is 24.0 Å². The van der Waals surface area contributed by atoms with E-state index < -0.39 is 6.03 Å². The van der Waals surface area contributed by atoms with Gasteiger partial charge in [-0.3, -0.25) is 10.1 Å². The molecule has 0 heterocycles. The lowest BCUT2D eigenvalue weighted by Gasteiger charge is -2.04. The molecule has 1 aromatic carbocycles. The first kappa shape index (κ1) is 15.9. The quantitative estimate of drug-likeness (QED) is 0.626. The van der Waals surface area contributed by atoms with Crippen molar-refractivity contribution in [3.05, 3.63) is 29.8 Å². The largest absolute Gasteiger partial charge is 0.341 e. The number of carbonyl (C=O) groups is 2. The van der Waals surface area contributed by atoms with E-state index in [1.165, 1.54) is 17.5 Å². The summed E-state index contributed by atoms with van der Waals surface area (Å²) in [6, 6.07) is 7.94. The number of hydrogen-bond donors (Lipinski definition) is 2. The molecule has 19 heavy (non-hydrogen) atoms. The minimum Gasteiger partial charge on any atom is -0.341 e. The van der Waals surface area contributed by atoms with E-state index in [2.05, 4.69) is 41.2 Å². The molecule has 0 fully saturated rings. The lowest BCUT2D eigenvalue weighted by molar-refractivity contribution is -0.119. The van der Waals surface area contributed by atoms with Gasteiger partial charge in [-0.1, -0.05) is 12.1 Å². The van der Waals surface area contributed by atoms with Crippen LogP contribution in [-0.2, 0) is 10.5 Å². The molecule has 3 amide bonds. The van der Waals surface area contributed by atoms with E-state index in [4.69, 9.17) is 0 Å². The maximum atomic E-state index is 11.3. The highest BCUT2D eigenvalue weighted by molar-refractivity contribution is 7.98. The Kier molecular flexibility index (Phi) is 7.43. The van der Waals surface area contributed by atoms with Gasteiger partial charge in [0.25, 0.3) is 0 Å². The Morgan fingerprint density at radius 3 is 2.47 bits per heavy atom. The third-order valence-corrected chi connectivity index (χ3v) is 4.16. The Balaban J connectivity index is 2.19. The highest BCUT2D eigenvalue weighted by atomic mass is 32.2. The third-order valence-electron chi connectivity index (χ3n) is 2.38. The second-order valence-corrected chi connectivity index (χ2v) is 5.76. The number of hydrogen-bond acceptors (Lipinski definition) is 4. The van der Waals surface area contributed by atoms with Crippen molar-refractivity contribution in [3.63, 3.8) is 0 Å². The summed E-state index contributed by atoms with van der Waals surface area (Å²) in [6.07, 6.45) is 2.40. The predicted octanol–water partition coefficient (Wildman–Crippen LogP) is 2.49. The molecule has 0 unspecified atom stereocenters. The van der Waals surface area contributed by atoms with Crippen LogP contribution in [0, 0.1) is 0 Å². The monoisotopic (exact) mass is 298 g/mol. The molecule has 0 saturated carbocycles. The first-order valence-electron chi connectivity index (χ1n) is 5.88. The molecule has 2 N–H and O–H groups in total. The smallest absolute Gasteiger partial charge is 0.321 e. The zero-order valence-electron chi connectivity index (χ0n) is 11.1. The molecule has 0 aliphatic rings. The fourth-order valence-corrected chi connectivity index (χ4v) is 2.64.